The highest BCUT2D eigenvalue weighted by molar-refractivity contribution is 7.13. The molecule has 0 amide bonds. The fourth-order valence-electron chi connectivity index (χ4n) is 6.22. The Morgan fingerprint density at radius 1 is 0.556 bits per heavy atom. The second-order valence-corrected chi connectivity index (χ2v) is 12.7. The molecule has 0 bridgehead atoms. The summed E-state index contributed by atoms with van der Waals surface area (Å²) in [4.78, 5) is 18.8. The quantitative estimate of drug-likeness (QED) is 0.193. The summed E-state index contributed by atoms with van der Waals surface area (Å²) in [6.45, 7) is 0. The molecule has 5 heterocycles. The van der Waals surface area contributed by atoms with Crippen molar-refractivity contribution in [3.05, 3.63) is 126 Å². The van der Waals surface area contributed by atoms with Crippen LogP contribution in [0.2, 0.25) is 0 Å². The number of aryl methyl sites for hydroxylation is 1. The Kier molecular flexibility index (Phi) is 5.97. The van der Waals surface area contributed by atoms with Crippen LogP contribution in [0.25, 0.3) is 82.3 Å². The molecule has 0 aliphatic heterocycles. The third-order valence-corrected chi connectivity index (χ3v) is 9.97. The minimum atomic E-state index is 0.922. The Morgan fingerprint density at radius 3 is 2.11 bits per heavy atom. The zero-order valence-electron chi connectivity index (χ0n) is 24.1. The maximum Gasteiger partial charge on any atom is 0.140 e. The molecule has 5 aromatic heterocycles. The van der Waals surface area contributed by atoms with E-state index in [9.17, 15) is 0 Å². The molecule has 45 heavy (non-hydrogen) atoms. The topological polar surface area (TPSA) is 61.4 Å². The molecule has 0 saturated carbocycles. The summed E-state index contributed by atoms with van der Waals surface area (Å²) in [5.74, 6) is 0.922. The zero-order valence-corrected chi connectivity index (χ0v) is 25.8. The maximum atomic E-state index is 5.09. The van der Waals surface area contributed by atoms with Crippen molar-refractivity contribution in [3.63, 3.8) is 0 Å². The van der Waals surface area contributed by atoms with Crippen LogP contribution in [0.5, 0.6) is 0 Å². The number of imidazole rings is 1. The van der Waals surface area contributed by atoms with E-state index in [-0.39, 0.29) is 0 Å². The van der Waals surface area contributed by atoms with Gasteiger partial charge in [-0.05, 0) is 66.7 Å². The second kappa shape index (κ2) is 10.3. The molecule has 0 atom stereocenters. The normalized spacial score (nSPS) is 11.7. The molecule has 0 fully saturated rings. The molecule has 0 spiro atoms. The highest BCUT2D eigenvalue weighted by Crippen LogP contribution is 2.38. The van der Waals surface area contributed by atoms with Gasteiger partial charge in [-0.2, -0.15) is 0 Å². The molecule has 9 rings (SSSR count). The molecule has 0 N–H and O–H groups in total. The van der Waals surface area contributed by atoms with Crippen LogP contribution in [0.4, 0.5) is 0 Å². The lowest BCUT2D eigenvalue weighted by Gasteiger charge is -2.11. The third-order valence-electron chi connectivity index (χ3n) is 8.33. The predicted octanol–water partition coefficient (Wildman–Crippen LogP) is 9.65. The summed E-state index contributed by atoms with van der Waals surface area (Å²) in [5.41, 5.74) is 10.7. The second-order valence-electron chi connectivity index (χ2n) is 10.9. The van der Waals surface area contributed by atoms with E-state index in [2.05, 4.69) is 116 Å². The molecule has 214 valence electrons. The van der Waals surface area contributed by atoms with Gasteiger partial charge >= 0.3 is 0 Å². The Bertz CT molecular complexity index is 2490. The summed E-state index contributed by atoms with van der Waals surface area (Å²) in [6, 6.07) is 34.4. The Balaban J connectivity index is 1.27. The minimum Gasteiger partial charge on any atom is -0.327 e. The van der Waals surface area contributed by atoms with E-state index < -0.39 is 0 Å². The minimum absolute atomic E-state index is 0.922. The number of aromatic nitrogens is 6. The summed E-state index contributed by atoms with van der Waals surface area (Å²) >= 11 is 3.30. The van der Waals surface area contributed by atoms with Crippen molar-refractivity contribution < 1.29 is 0 Å². The van der Waals surface area contributed by atoms with Crippen LogP contribution in [0.3, 0.4) is 0 Å². The van der Waals surface area contributed by atoms with Crippen LogP contribution in [0.1, 0.15) is 0 Å². The molecular weight excluding hydrogens is 593 g/mol. The summed E-state index contributed by atoms with van der Waals surface area (Å²) in [6.07, 6.45) is 5.55. The molecule has 0 aliphatic rings. The summed E-state index contributed by atoms with van der Waals surface area (Å²) < 4.78 is 4.54. The molecular formula is C37H24N6S2. The highest BCUT2D eigenvalue weighted by Gasteiger charge is 2.18. The van der Waals surface area contributed by atoms with Gasteiger partial charge < -0.3 is 9.13 Å². The third kappa shape index (κ3) is 4.29. The van der Waals surface area contributed by atoms with Gasteiger partial charge in [-0.3, -0.25) is 4.98 Å². The Labute approximate surface area is 266 Å². The molecule has 0 unspecified atom stereocenters. The zero-order chi connectivity index (χ0) is 29.9. The number of hydrogen-bond donors (Lipinski definition) is 0. The van der Waals surface area contributed by atoms with Crippen molar-refractivity contribution in [2.45, 2.75) is 0 Å². The monoisotopic (exact) mass is 616 g/mol. The van der Waals surface area contributed by atoms with Crippen LogP contribution < -0.4 is 0 Å². The number of rotatable bonds is 5. The van der Waals surface area contributed by atoms with Gasteiger partial charge in [-0.15, -0.1) is 22.7 Å². The van der Waals surface area contributed by atoms with E-state index in [0.717, 1.165) is 71.5 Å². The van der Waals surface area contributed by atoms with E-state index in [1.54, 1.807) is 22.7 Å². The lowest BCUT2D eigenvalue weighted by molar-refractivity contribution is 0.959. The van der Waals surface area contributed by atoms with Crippen molar-refractivity contribution in [2.24, 2.45) is 7.05 Å². The average molecular weight is 617 g/mol. The van der Waals surface area contributed by atoms with E-state index in [0.29, 0.717) is 0 Å². The number of nitrogens with zero attached hydrogens (tertiary/aromatic N) is 6. The number of thiazole rings is 2. The molecule has 4 aromatic carbocycles. The van der Waals surface area contributed by atoms with Crippen molar-refractivity contribution in [2.75, 3.05) is 0 Å². The number of pyridine rings is 1. The number of fused-ring (bicyclic) bond motifs is 4. The van der Waals surface area contributed by atoms with Gasteiger partial charge in [0.2, 0.25) is 0 Å². The molecule has 0 saturated heterocycles. The van der Waals surface area contributed by atoms with Gasteiger partial charge in [-0.25, -0.2) is 15.0 Å². The molecule has 0 radical (unpaired) electrons. The van der Waals surface area contributed by atoms with E-state index in [1.807, 2.05) is 41.5 Å². The molecule has 8 heteroatoms. The number of benzene rings is 4. The molecule has 6 nitrogen and oxygen atoms in total. The average Bonchev–Trinajstić information content (AvgIpc) is 3.91. The van der Waals surface area contributed by atoms with Crippen LogP contribution in [0, 0.1) is 0 Å². The lowest BCUT2D eigenvalue weighted by atomic mass is 10.1. The largest absolute Gasteiger partial charge is 0.327 e. The van der Waals surface area contributed by atoms with Crippen LogP contribution in [-0.4, -0.2) is 29.1 Å². The summed E-state index contributed by atoms with van der Waals surface area (Å²) in [5, 5.41) is 8.42. The first-order chi connectivity index (χ1) is 22.2. The number of hydrogen-bond acceptors (Lipinski definition) is 6. The van der Waals surface area contributed by atoms with Gasteiger partial charge in [0.15, 0.2) is 0 Å². The van der Waals surface area contributed by atoms with Crippen LogP contribution in [0.15, 0.2) is 126 Å². The van der Waals surface area contributed by atoms with Crippen molar-refractivity contribution in [3.8, 4) is 49.5 Å². The first kappa shape index (κ1) is 26.0. The fraction of sp³-hybridized carbons (Fsp3) is 0.0270. The first-order valence-electron chi connectivity index (χ1n) is 14.6. The van der Waals surface area contributed by atoms with Crippen LogP contribution in [-0.2, 0) is 7.05 Å². The van der Waals surface area contributed by atoms with Crippen molar-refractivity contribution >= 4 is 55.5 Å². The predicted molar refractivity (Wildman–Crippen MR) is 186 cm³/mol. The lowest BCUT2D eigenvalue weighted by Crippen LogP contribution is -1.96. The van der Waals surface area contributed by atoms with Gasteiger partial charge in [0.05, 0.1) is 27.8 Å². The highest BCUT2D eigenvalue weighted by atomic mass is 32.1. The Morgan fingerprint density at radius 2 is 1.33 bits per heavy atom. The molecule has 0 aliphatic carbocycles. The first-order valence-corrected chi connectivity index (χ1v) is 16.3. The van der Waals surface area contributed by atoms with Crippen LogP contribution >= 0.6 is 22.7 Å². The van der Waals surface area contributed by atoms with Crippen molar-refractivity contribution in [1.82, 2.24) is 29.1 Å². The van der Waals surface area contributed by atoms with Crippen molar-refractivity contribution in [1.29, 1.82) is 0 Å². The SMILES string of the molecule is Cn1c(-c2ccc3c4cc(-c5nccs5)ccc4n(-c4cccc(-c5ccccn5)c4)c3c2)nc2ccc(-c3nccs3)cc21. The standard InChI is InChI=1S/C37H24N6S2/c1-42-34-22-26(37-40-16-18-45-37)9-12-31(34)41-35(42)24-8-11-28-29-20-25(36-39-15-17-44-36)10-13-32(29)43(33(28)21-24)27-6-4-5-23(19-27)30-7-2-3-14-38-30/h2-22H,1H3. The van der Waals surface area contributed by atoms with Gasteiger partial charge in [0.1, 0.15) is 15.8 Å². The summed E-state index contributed by atoms with van der Waals surface area (Å²) in [7, 11) is 2.09. The maximum absolute atomic E-state index is 5.09. The fourth-order valence-corrected chi connectivity index (χ4v) is 7.49. The van der Waals surface area contributed by atoms with Gasteiger partial charge in [0.25, 0.3) is 0 Å². The molecule has 9 aromatic rings. The van der Waals surface area contributed by atoms with Gasteiger partial charge in [-0.1, -0.05) is 30.3 Å². The Hall–Kier alpha value is -5.44. The van der Waals surface area contributed by atoms with E-state index in [4.69, 9.17) is 4.98 Å². The van der Waals surface area contributed by atoms with E-state index in [1.165, 1.54) is 10.8 Å². The van der Waals surface area contributed by atoms with Gasteiger partial charge in [0, 0.05) is 75.1 Å². The smallest absolute Gasteiger partial charge is 0.140 e. The van der Waals surface area contributed by atoms with E-state index >= 15 is 0 Å².